The van der Waals surface area contributed by atoms with Gasteiger partial charge in [0.2, 0.25) is 0 Å². The summed E-state index contributed by atoms with van der Waals surface area (Å²) in [6.45, 7) is 0.177. The van der Waals surface area contributed by atoms with Gasteiger partial charge in [-0.2, -0.15) is 13.2 Å². The van der Waals surface area contributed by atoms with E-state index in [2.05, 4.69) is 4.98 Å². The first kappa shape index (κ1) is 18.9. The molecule has 0 spiro atoms. The number of benzene rings is 3. The third-order valence-corrected chi connectivity index (χ3v) is 4.52. The van der Waals surface area contributed by atoms with Crippen LogP contribution in [0.15, 0.2) is 79.0 Å². The molecule has 0 saturated heterocycles. The van der Waals surface area contributed by atoms with E-state index in [0.29, 0.717) is 27.8 Å². The first-order chi connectivity index (χ1) is 13.9. The summed E-state index contributed by atoms with van der Waals surface area (Å²) < 4.78 is 59.0. The number of alkyl halides is 3. The van der Waals surface area contributed by atoms with E-state index in [-0.39, 0.29) is 17.9 Å². The van der Waals surface area contributed by atoms with Crippen LogP contribution in [0.4, 0.5) is 17.6 Å². The largest absolute Gasteiger partial charge is 0.489 e. The smallest absolute Gasteiger partial charge is 0.418 e. The quantitative estimate of drug-likeness (QED) is 0.360. The Morgan fingerprint density at radius 3 is 2.45 bits per heavy atom. The van der Waals surface area contributed by atoms with Crippen LogP contribution in [0.3, 0.4) is 0 Å². The molecule has 29 heavy (non-hydrogen) atoms. The van der Waals surface area contributed by atoms with Crippen molar-refractivity contribution in [1.29, 1.82) is 0 Å². The monoisotopic (exact) mass is 397 g/mol. The number of halogens is 4. The minimum absolute atomic E-state index is 0.0939. The van der Waals surface area contributed by atoms with E-state index in [1.807, 2.05) is 0 Å². The third kappa shape index (κ3) is 4.06. The number of fused-ring (bicyclic) bond motifs is 1. The SMILES string of the molecule is Fc1cccc(COc2cccc(-c3ccnc4c(C(F)(F)F)cccc34)c2)c1. The Morgan fingerprint density at radius 2 is 1.66 bits per heavy atom. The van der Waals surface area contributed by atoms with Crippen molar-refractivity contribution in [2.75, 3.05) is 0 Å². The summed E-state index contributed by atoms with van der Waals surface area (Å²) >= 11 is 0. The Morgan fingerprint density at radius 1 is 0.862 bits per heavy atom. The van der Waals surface area contributed by atoms with Crippen molar-refractivity contribution in [3.63, 3.8) is 0 Å². The lowest BCUT2D eigenvalue weighted by Crippen LogP contribution is -2.06. The van der Waals surface area contributed by atoms with Gasteiger partial charge in [0, 0.05) is 11.6 Å². The molecular formula is C23H15F4NO. The Kier molecular flexibility index (Phi) is 4.92. The molecular weight excluding hydrogens is 382 g/mol. The normalized spacial score (nSPS) is 11.6. The van der Waals surface area contributed by atoms with Crippen LogP contribution < -0.4 is 4.74 Å². The molecule has 0 atom stereocenters. The van der Waals surface area contributed by atoms with Crippen molar-refractivity contribution < 1.29 is 22.3 Å². The van der Waals surface area contributed by atoms with Gasteiger partial charge in [-0.05, 0) is 53.1 Å². The van der Waals surface area contributed by atoms with Gasteiger partial charge < -0.3 is 4.74 Å². The topological polar surface area (TPSA) is 22.1 Å². The van der Waals surface area contributed by atoms with E-state index in [1.165, 1.54) is 24.4 Å². The summed E-state index contributed by atoms with van der Waals surface area (Å²) in [6, 6.07) is 18.8. The molecule has 3 aromatic carbocycles. The fourth-order valence-electron chi connectivity index (χ4n) is 3.20. The first-order valence-electron chi connectivity index (χ1n) is 8.84. The van der Waals surface area contributed by atoms with Gasteiger partial charge in [0.05, 0.1) is 11.1 Å². The number of aromatic nitrogens is 1. The van der Waals surface area contributed by atoms with Gasteiger partial charge in [-0.15, -0.1) is 0 Å². The fraction of sp³-hybridized carbons (Fsp3) is 0.0870. The summed E-state index contributed by atoms with van der Waals surface area (Å²) in [6.07, 6.45) is -3.12. The molecule has 0 saturated carbocycles. The lowest BCUT2D eigenvalue weighted by atomic mass is 9.99. The van der Waals surface area contributed by atoms with Crippen LogP contribution in [0, 0.1) is 5.82 Å². The molecule has 4 aromatic rings. The van der Waals surface area contributed by atoms with Gasteiger partial charge in [0.15, 0.2) is 0 Å². The summed E-state index contributed by atoms with van der Waals surface area (Å²) in [4.78, 5) is 3.95. The molecule has 1 heterocycles. The number of hydrogen-bond acceptors (Lipinski definition) is 2. The van der Waals surface area contributed by atoms with Gasteiger partial charge in [0.25, 0.3) is 0 Å². The average molecular weight is 397 g/mol. The van der Waals surface area contributed by atoms with E-state index < -0.39 is 11.7 Å². The van der Waals surface area contributed by atoms with E-state index in [9.17, 15) is 17.6 Å². The van der Waals surface area contributed by atoms with Crippen LogP contribution >= 0.6 is 0 Å². The van der Waals surface area contributed by atoms with Crippen LogP contribution in [0.2, 0.25) is 0 Å². The van der Waals surface area contributed by atoms with Crippen molar-refractivity contribution in [2.45, 2.75) is 12.8 Å². The average Bonchev–Trinajstić information content (AvgIpc) is 2.71. The highest BCUT2D eigenvalue weighted by Crippen LogP contribution is 2.37. The molecule has 0 radical (unpaired) electrons. The molecule has 146 valence electrons. The zero-order chi connectivity index (χ0) is 20.4. The molecule has 4 rings (SSSR count). The van der Waals surface area contributed by atoms with Crippen LogP contribution in [0.25, 0.3) is 22.0 Å². The van der Waals surface area contributed by atoms with E-state index in [4.69, 9.17) is 4.74 Å². The second-order valence-electron chi connectivity index (χ2n) is 6.50. The van der Waals surface area contributed by atoms with Crippen LogP contribution in [0.5, 0.6) is 5.75 Å². The standard InChI is InChI=1S/C23H15F4NO/c24-17-6-1-4-15(12-17)14-29-18-7-2-5-16(13-18)19-10-11-28-22-20(19)8-3-9-21(22)23(25,26)27/h1-13H,14H2. The van der Waals surface area contributed by atoms with Crippen molar-refractivity contribution in [1.82, 2.24) is 4.98 Å². The molecule has 0 aliphatic rings. The maximum Gasteiger partial charge on any atom is 0.418 e. The molecule has 1 aromatic heterocycles. The fourth-order valence-corrected chi connectivity index (χ4v) is 3.20. The Bertz CT molecular complexity index is 1170. The molecule has 2 nitrogen and oxygen atoms in total. The van der Waals surface area contributed by atoms with E-state index >= 15 is 0 Å². The van der Waals surface area contributed by atoms with Crippen molar-refractivity contribution in [2.24, 2.45) is 0 Å². The van der Waals surface area contributed by atoms with Gasteiger partial charge in [-0.3, -0.25) is 4.98 Å². The highest BCUT2D eigenvalue weighted by atomic mass is 19.4. The molecule has 0 unspecified atom stereocenters. The van der Waals surface area contributed by atoms with Gasteiger partial charge in [-0.25, -0.2) is 4.39 Å². The number of hydrogen-bond donors (Lipinski definition) is 0. The number of rotatable bonds is 4. The van der Waals surface area contributed by atoms with Gasteiger partial charge in [0.1, 0.15) is 18.2 Å². The molecule has 0 aliphatic carbocycles. The Labute approximate surface area is 164 Å². The summed E-state index contributed by atoms with van der Waals surface area (Å²) in [7, 11) is 0. The second-order valence-corrected chi connectivity index (χ2v) is 6.50. The summed E-state index contributed by atoms with van der Waals surface area (Å²) in [5, 5.41) is 0.407. The van der Waals surface area contributed by atoms with Crippen molar-refractivity contribution >= 4 is 10.9 Å². The minimum Gasteiger partial charge on any atom is -0.489 e. The zero-order valence-corrected chi connectivity index (χ0v) is 15.1. The number of para-hydroxylation sites is 1. The Balaban J connectivity index is 1.69. The highest BCUT2D eigenvalue weighted by Gasteiger charge is 2.33. The van der Waals surface area contributed by atoms with Crippen molar-refractivity contribution in [3.8, 4) is 16.9 Å². The number of nitrogens with zero attached hydrogens (tertiary/aromatic N) is 1. The maximum atomic E-state index is 13.3. The maximum absolute atomic E-state index is 13.3. The third-order valence-electron chi connectivity index (χ3n) is 4.52. The molecule has 0 fully saturated rings. The highest BCUT2D eigenvalue weighted by molar-refractivity contribution is 5.96. The number of pyridine rings is 1. The molecule has 0 aliphatic heterocycles. The van der Waals surface area contributed by atoms with Crippen LogP contribution in [-0.2, 0) is 12.8 Å². The van der Waals surface area contributed by atoms with Gasteiger partial charge in [-0.1, -0.05) is 36.4 Å². The predicted octanol–water partition coefficient (Wildman–Crippen LogP) is 6.64. The minimum atomic E-state index is -4.49. The second kappa shape index (κ2) is 7.54. The summed E-state index contributed by atoms with van der Waals surface area (Å²) in [5.74, 6) is 0.187. The van der Waals surface area contributed by atoms with Gasteiger partial charge >= 0.3 is 6.18 Å². The zero-order valence-electron chi connectivity index (χ0n) is 15.1. The van der Waals surface area contributed by atoms with Crippen LogP contribution in [0.1, 0.15) is 11.1 Å². The summed E-state index contributed by atoms with van der Waals surface area (Å²) in [5.41, 5.74) is 1.14. The lowest BCUT2D eigenvalue weighted by Gasteiger charge is -2.13. The predicted molar refractivity (Wildman–Crippen MR) is 103 cm³/mol. The lowest BCUT2D eigenvalue weighted by molar-refractivity contribution is -0.136. The van der Waals surface area contributed by atoms with Crippen molar-refractivity contribution in [3.05, 3.63) is 95.9 Å². The Hall–Kier alpha value is -3.41. The van der Waals surface area contributed by atoms with E-state index in [0.717, 1.165) is 6.07 Å². The van der Waals surface area contributed by atoms with Crippen LogP contribution in [-0.4, -0.2) is 4.98 Å². The molecule has 6 heteroatoms. The molecule has 0 N–H and O–H groups in total. The molecule has 0 amide bonds. The van der Waals surface area contributed by atoms with E-state index in [1.54, 1.807) is 48.5 Å². The first-order valence-corrected chi connectivity index (χ1v) is 8.84. The molecule has 0 bridgehead atoms. The number of ether oxygens (including phenoxy) is 1.